The molecule has 1 fully saturated rings. The second-order valence-corrected chi connectivity index (χ2v) is 11.6. The monoisotopic (exact) mass is 572 g/mol. The van der Waals surface area contributed by atoms with E-state index in [2.05, 4.69) is 39.9 Å². The molecule has 0 spiro atoms. The van der Waals surface area contributed by atoms with Crippen molar-refractivity contribution in [1.29, 1.82) is 0 Å². The number of benzene rings is 2. The summed E-state index contributed by atoms with van der Waals surface area (Å²) < 4.78 is 32.4. The van der Waals surface area contributed by atoms with E-state index in [1.807, 2.05) is 32.0 Å². The molecule has 2 unspecified atom stereocenters. The number of methoxy groups -OCH3 is 1. The number of rotatable bonds is 8. The largest absolute Gasteiger partial charge is 0.496 e. The Balaban J connectivity index is 0.00000228. The number of thiazole rings is 1. The van der Waals surface area contributed by atoms with Crippen LogP contribution in [0.5, 0.6) is 5.75 Å². The van der Waals surface area contributed by atoms with Gasteiger partial charge in [0.2, 0.25) is 15.2 Å². The van der Waals surface area contributed by atoms with E-state index in [-0.39, 0.29) is 36.9 Å². The molecule has 0 bridgehead atoms. The highest BCUT2D eigenvalue weighted by Crippen LogP contribution is 2.36. The van der Waals surface area contributed by atoms with Crippen LogP contribution < -0.4 is 19.7 Å². The highest BCUT2D eigenvalue weighted by molar-refractivity contribution is 7.92. The van der Waals surface area contributed by atoms with Gasteiger partial charge in [0.25, 0.3) is 0 Å². The maximum atomic E-state index is 12.8. The second kappa shape index (κ2) is 13.1. The summed E-state index contributed by atoms with van der Waals surface area (Å²) in [5.74, 6) is 0.719. The topological polar surface area (TPSA) is 83.6 Å². The van der Waals surface area contributed by atoms with Crippen LogP contribution in [0.2, 0.25) is 0 Å². The van der Waals surface area contributed by atoms with Crippen LogP contribution in [-0.2, 0) is 16.6 Å². The zero-order chi connectivity index (χ0) is 24.3. The molecule has 0 amide bonds. The van der Waals surface area contributed by atoms with E-state index in [0.29, 0.717) is 17.4 Å². The Hall–Kier alpha value is -1.88. The third kappa shape index (κ3) is 6.90. The molecule has 1 aliphatic rings. The Bertz CT molecular complexity index is 1220. The fraction of sp³-hybridized carbons (Fsp3) is 0.400. The minimum atomic E-state index is -3.58. The summed E-state index contributed by atoms with van der Waals surface area (Å²) in [4.78, 5) is 5.49. The fourth-order valence-corrected chi connectivity index (χ4v) is 6.55. The smallest absolute Gasteiger partial charge is 0.238 e. The van der Waals surface area contributed by atoms with E-state index in [0.717, 1.165) is 41.3 Å². The third-order valence-corrected chi connectivity index (χ3v) is 8.41. The van der Waals surface area contributed by atoms with Crippen LogP contribution in [-0.4, -0.2) is 39.4 Å². The van der Waals surface area contributed by atoms with Gasteiger partial charge in [0.05, 0.1) is 24.7 Å². The molecule has 3 aromatic rings. The number of sulfonamides is 1. The molecule has 2 atom stereocenters. The summed E-state index contributed by atoms with van der Waals surface area (Å²) in [5, 5.41) is 7.78. The number of anilines is 2. The maximum absolute atomic E-state index is 12.8. The number of nitrogens with one attached hydrogen (secondary N) is 2. The van der Waals surface area contributed by atoms with Crippen molar-refractivity contribution in [3.63, 3.8) is 0 Å². The number of hydrogen-bond donors (Lipinski definition) is 2. The van der Waals surface area contributed by atoms with Crippen LogP contribution in [0.15, 0.2) is 48.5 Å². The average Bonchev–Trinajstić information content (AvgIpc) is 3.15. The molecule has 198 valence electrons. The van der Waals surface area contributed by atoms with Crippen LogP contribution in [0, 0.1) is 13.8 Å². The summed E-state index contributed by atoms with van der Waals surface area (Å²) in [5.41, 5.74) is 3.55. The van der Waals surface area contributed by atoms with Gasteiger partial charge >= 0.3 is 0 Å². The van der Waals surface area contributed by atoms with Crippen molar-refractivity contribution in [3.8, 4) is 5.75 Å². The molecule has 2 heterocycles. The molecule has 1 aliphatic heterocycles. The van der Waals surface area contributed by atoms with E-state index in [4.69, 9.17) is 4.74 Å². The van der Waals surface area contributed by atoms with Gasteiger partial charge in [-0.3, -0.25) is 0 Å². The van der Waals surface area contributed by atoms with Crippen molar-refractivity contribution in [2.45, 2.75) is 45.3 Å². The van der Waals surface area contributed by atoms with Gasteiger partial charge in [0.1, 0.15) is 5.75 Å². The number of ether oxygens (including phenoxy) is 1. The molecule has 1 saturated heterocycles. The van der Waals surface area contributed by atoms with Gasteiger partial charge in [-0.1, -0.05) is 30.3 Å². The van der Waals surface area contributed by atoms with Crippen molar-refractivity contribution in [1.82, 2.24) is 15.6 Å². The van der Waals surface area contributed by atoms with Gasteiger partial charge in [-0.15, -0.1) is 36.2 Å². The van der Waals surface area contributed by atoms with E-state index >= 15 is 0 Å². The number of halogens is 2. The standard InChI is InChI=1S/C25H32N4O3S2.2ClH/c1-17-18(2)33-25(28-17)29(34(4,30)31)21-12-13-23(32-3)20(15-21)16-27-22-11-8-14-26-24(22)19-9-6-5-7-10-19;;/h5-7,9-10,12-13,15,22,24,26-27H,8,11,14,16H2,1-4H3;2*1H. The SMILES string of the molecule is COc1ccc(N(c2nc(C)c(C)s2)S(C)(=O)=O)cc1CNC1CCCNC1c1ccccc1.Cl.Cl. The molecule has 2 aromatic carbocycles. The Morgan fingerprint density at radius 1 is 1.17 bits per heavy atom. The molecule has 36 heavy (non-hydrogen) atoms. The van der Waals surface area contributed by atoms with Gasteiger partial charge in [0.15, 0.2) is 0 Å². The van der Waals surface area contributed by atoms with Gasteiger partial charge in [-0.2, -0.15) is 0 Å². The van der Waals surface area contributed by atoms with Gasteiger partial charge in [0, 0.05) is 29.1 Å². The number of piperidine rings is 1. The molecule has 4 rings (SSSR count). The number of aryl methyl sites for hydroxylation is 2. The molecular formula is C25H34Cl2N4O3S2. The van der Waals surface area contributed by atoms with Crippen molar-refractivity contribution < 1.29 is 13.2 Å². The Kier molecular flexibility index (Phi) is 11.0. The van der Waals surface area contributed by atoms with Crippen LogP contribution in [0.1, 0.15) is 40.6 Å². The van der Waals surface area contributed by atoms with E-state index in [9.17, 15) is 8.42 Å². The Morgan fingerprint density at radius 3 is 2.50 bits per heavy atom. The predicted molar refractivity (Wildman–Crippen MR) is 153 cm³/mol. The van der Waals surface area contributed by atoms with Crippen molar-refractivity contribution in [2.75, 3.05) is 24.2 Å². The normalized spacial score (nSPS) is 17.6. The summed E-state index contributed by atoms with van der Waals surface area (Å²) in [6, 6.07) is 16.4. The van der Waals surface area contributed by atoms with Crippen molar-refractivity contribution in [3.05, 3.63) is 70.2 Å². The van der Waals surface area contributed by atoms with Gasteiger partial charge < -0.3 is 15.4 Å². The average molecular weight is 574 g/mol. The van der Waals surface area contributed by atoms with E-state index < -0.39 is 10.0 Å². The lowest BCUT2D eigenvalue weighted by molar-refractivity contribution is 0.303. The summed E-state index contributed by atoms with van der Waals surface area (Å²) in [6.45, 7) is 5.38. The quantitative estimate of drug-likeness (QED) is 0.381. The van der Waals surface area contributed by atoms with Crippen LogP contribution in [0.4, 0.5) is 10.8 Å². The lowest BCUT2D eigenvalue weighted by Crippen LogP contribution is -2.45. The number of aromatic nitrogens is 1. The highest BCUT2D eigenvalue weighted by Gasteiger charge is 2.27. The number of nitrogens with zero attached hydrogens (tertiary/aromatic N) is 2. The second-order valence-electron chi connectivity index (χ2n) is 8.63. The fourth-order valence-electron chi connectivity index (χ4n) is 4.38. The maximum Gasteiger partial charge on any atom is 0.238 e. The van der Waals surface area contributed by atoms with Gasteiger partial charge in [-0.25, -0.2) is 17.7 Å². The van der Waals surface area contributed by atoms with Gasteiger partial charge in [-0.05, 0) is 57.0 Å². The van der Waals surface area contributed by atoms with Crippen molar-refractivity contribution in [2.24, 2.45) is 0 Å². The van der Waals surface area contributed by atoms with Crippen LogP contribution >= 0.6 is 36.2 Å². The van der Waals surface area contributed by atoms with Crippen LogP contribution in [0.3, 0.4) is 0 Å². The molecule has 11 heteroatoms. The van der Waals surface area contributed by atoms with E-state index in [1.165, 1.54) is 27.5 Å². The zero-order valence-corrected chi connectivity index (χ0v) is 24.1. The van der Waals surface area contributed by atoms with Crippen molar-refractivity contribution >= 4 is 57.0 Å². The first kappa shape index (κ1) is 30.3. The summed E-state index contributed by atoms with van der Waals surface area (Å²) in [6.07, 6.45) is 3.36. The lowest BCUT2D eigenvalue weighted by Gasteiger charge is -2.34. The molecule has 7 nitrogen and oxygen atoms in total. The Morgan fingerprint density at radius 2 is 1.89 bits per heavy atom. The minimum Gasteiger partial charge on any atom is -0.496 e. The molecule has 1 aromatic heterocycles. The summed E-state index contributed by atoms with van der Waals surface area (Å²) in [7, 11) is -1.95. The van der Waals surface area contributed by atoms with E-state index in [1.54, 1.807) is 13.2 Å². The lowest BCUT2D eigenvalue weighted by atomic mass is 9.92. The molecule has 0 radical (unpaired) electrons. The molecule has 0 aliphatic carbocycles. The molecule has 2 N–H and O–H groups in total. The van der Waals surface area contributed by atoms with Crippen LogP contribution in [0.25, 0.3) is 0 Å². The minimum absolute atomic E-state index is 0. The molecule has 0 saturated carbocycles. The first-order valence-corrected chi connectivity index (χ1v) is 14.1. The number of hydrogen-bond acceptors (Lipinski definition) is 7. The predicted octanol–water partition coefficient (Wildman–Crippen LogP) is 5.29. The zero-order valence-electron chi connectivity index (χ0n) is 20.9. The summed E-state index contributed by atoms with van der Waals surface area (Å²) >= 11 is 1.37. The highest BCUT2D eigenvalue weighted by atomic mass is 35.5. The molecular weight excluding hydrogens is 539 g/mol. The first-order valence-electron chi connectivity index (χ1n) is 11.4. The Labute approximate surface area is 230 Å². The first-order chi connectivity index (χ1) is 16.3. The third-order valence-electron chi connectivity index (χ3n) is 6.19.